The first kappa shape index (κ1) is 20.2. The van der Waals surface area contributed by atoms with Crippen molar-refractivity contribution in [2.75, 3.05) is 5.32 Å². The van der Waals surface area contributed by atoms with Gasteiger partial charge in [-0.05, 0) is 42.0 Å². The molecule has 0 fully saturated rings. The number of carboxylic acids is 1. The van der Waals surface area contributed by atoms with Gasteiger partial charge in [-0.3, -0.25) is 0 Å². The third-order valence-electron chi connectivity index (χ3n) is 4.26. The first-order chi connectivity index (χ1) is 14.8. The van der Waals surface area contributed by atoms with Crippen molar-refractivity contribution >= 4 is 22.9 Å². The van der Waals surface area contributed by atoms with E-state index < -0.39 is 12.3 Å². The second kappa shape index (κ2) is 7.98. The fourth-order valence-electron chi connectivity index (χ4n) is 2.91. The number of oxazole rings is 1. The molecule has 4 aromatic rings. The van der Waals surface area contributed by atoms with Crippen LogP contribution >= 0.6 is 0 Å². The molecule has 0 aliphatic heterocycles. The van der Waals surface area contributed by atoms with Gasteiger partial charge in [-0.15, -0.1) is 13.2 Å². The van der Waals surface area contributed by atoms with Crippen molar-refractivity contribution in [3.63, 3.8) is 0 Å². The number of para-hydroxylation sites is 1. The lowest BCUT2D eigenvalue weighted by Crippen LogP contribution is -2.17. The Kier molecular flexibility index (Phi) is 5.20. The molecular formula is C21H14F3N3O4. The van der Waals surface area contributed by atoms with Crippen molar-refractivity contribution in [3.8, 4) is 17.2 Å². The monoisotopic (exact) mass is 429 g/mol. The number of halogens is 3. The lowest BCUT2D eigenvalue weighted by molar-refractivity contribution is -0.274. The summed E-state index contributed by atoms with van der Waals surface area (Å²) in [5, 5.41) is 12.3. The van der Waals surface area contributed by atoms with Gasteiger partial charge in [0.05, 0.1) is 5.56 Å². The van der Waals surface area contributed by atoms with Gasteiger partial charge in [-0.25, -0.2) is 14.8 Å². The van der Waals surface area contributed by atoms with Crippen LogP contribution in [0.15, 0.2) is 65.2 Å². The van der Waals surface area contributed by atoms with E-state index in [9.17, 15) is 23.1 Å². The van der Waals surface area contributed by atoms with Gasteiger partial charge in [-0.1, -0.05) is 18.2 Å². The molecule has 0 amide bonds. The second-order valence-corrected chi connectivity index (χ2v) is 6.46. The highest BCUT2D eigenvalue weighted by Gasteiger charge is 2.31. The summed E-state index contributed by atoms with van der Waals surface area (Å²) in [7, 11) is 0. The molecule has 2 aromatic heterocycles. The molecule has 0 unspecified atom stereocenters. The smallest absolute Gasteiger partial charge is 0.478 e. The molecule has 0 saturated carbocycles. The number of carboxylic acid groups (broad SMARTS) is 1. The number of hydrogen-bond acceptors (Lipinski definition) is 6. The molecule has 2 heterocycles. The summed E-state index contributed by atoms with van der Waals surface area (Å²) in [4.78, 5) is 19.8. The Morgan fingerprint density at radius 2 is 1.94 bits per heavy atom. The van der Waals surface area contributed by atoms with Crippen LogP contribution in [0.25, 0.3) is 22.6 Å². The van der Waals surface area contributed by atoms with Crippen LogP contribution in [0.2, 0.25) is 0 Å². The van der Waals surface area contributed by atoms with Crippen LogP contribution in [0.5, 0.6) is 5.75 Å². The Morgan fingerprint density at radius 3 is 2.65 bits per heavy atom. The topological polar surface area (TPSA) is 97.5 Å². The predicted octanol–water partition coefficient (Wildman–Crippen LogP) is 5.10. The molecule has 0 aliphatic carbocycles. The molecule has 7 nitrogen and oxygen atoms in total. The molecule has 4 rings (SSSR count). The highest BCUT2D eigenvalue weighted by Crippen LogP contribution is 2.27. The van der Waals surface area contributed by atoms with Gasteiger partial charge in [0.2, 0.25) is 5.89 Å². The maximum Gasteiger partial charge on any atom is 0.573 e. The van der Waals surface area contributed by atoms with Gasteiger partial charge in [0, 0.05) is 12.7 Å². The Hall–Kier alpha value is -4.08. The lowest BCUT2D eigenvalue weighted by Gasteiger charge is -2.11. The average Bonchev–Trinajstić information content (AvgIpc) is 3.16. The third-order valence-corrected chi connectivity index (χ3v) is 4.26. The summed E-state index contributed by atoms with van der Waals surface area (Å²) < 4.78 is 46.5. The van der Waals surface area contributed by atoms with Crippen molar-refractivity contribution in [2.24, 2.45) is 0 Å². The van der Waals surface area contributed by atoms with Crippen LogP contribution in [0, 0.1) is 0 Å². The van der Waals surface area contributed by atoms with E-state index in [1.165, 1.54) is 30.5 Å². The van der Waals surface area contributed by atoms with Crippen molar-refractivity contribution in [3.05, 3.63) is 71.9 Å². The van der Waals surface area contributed by atoms with Crippen molar-refractivity contribution in [1.29, 1.82) is 0 Å². The summed E-state index contributed by atoms with van der Waals surface area (Å²) in [6, 6.07) is 13.6. The highest BCUT2D eigenvalue weighted by atomic mass is 19.4. The van der Waals surface area contributed by atoms with E-state index in [0.29, 0.717) is 22.5 Å². The zero-order valence-corrected chi connectivity index (χ0v) is 15.7. The molecule has 2 N–H and O–H groups in total. The number of carbonyl (C=O) groups is 1. The third kappa shape index (κ3) is 4.74. The van der Waals surface area contributed by atoms with Gasteiger partial charge >= 0.3 is 12.3 Å². The van der Waals surface area contributed by atoms with Crippen LogP contribution in [0.3, 0.4) is 0 Å². The molecule has 0 radical (unpaired) electrons. The maximum absolute atomic E-state index is 12.3. The fraction of sp³-hybridized carbons (Fsp3) is 0.0952. The molecular weight excluding hydrogens is 415 g/mol. The number of benzene rings is 2. The first-order valence-corrected chi connectivity index (χ1v) is 8.96. The number of pyridine rings is 1. The molecule has 2 aromatic carbocycles. The Balaban J connectivity index is 1.47. The summed E-state index contributed by atoms with van der Waals surface area (Å²) in [6.07, 6.45) is -3.25. The van der Waals surface area contributed by atoms with E-state index in [4.69, 9.17) is 4.42 Å². The van der Waals surface area contributed by atoms with E-state index in [2.05, 4.69) is 20.0 Å². The van der Waals surface area contributed by atoms with Crippen LogP contribution in [0.1, 0.15) is 15.9 Å². The summed E-state index contributed by atoms with van der Waals surface area (Å²) >= 11 is 0. The molecule has 0 saturated heterocycles. The number of hydrogen-bond donors (Lipinski definition) is 2. The quantitative estimate of drug-likeness (QED) is 0.440. The van der Waals surface area contributed by atoms with Gasteiger partial charge in [-0.2, -0.15) is 0 Å². The predicted molar refractivity (Wildman–Crippen MR) is 105 cm³/mol. The van der Waals surface area contributed by atoms with Gasteiger partial charge in [0.25, 0.3) is 0 Å². The van der Waals surface area contributed by atoms with Crippen LogP contribution < -0.4 is 10.1 Å². The number of alkyl halides is 3. The minimum Gasteiger partial charge on any atom is -0.478 e. The number of anilines is 1. The number of aromatic carboxylic acids is 1. The van der Waals surface area contributed by atoms with E-state index in [1.807, 2.05) is 0 Å². The fourth-order valence-corrected chi connectivity index (χ4v) is 2.91. The second-order valence-electron chi connectivity index (χ2n) is 6.46. The van der Waals surface area contributed by atoms with E-state index >= 15 is 0 Å². The zero-order valence-electron chi connectivity index (χ0n) is 15.7. The normalized spacial score (nSPS) is 11.5. The Morgan fingerprint density at radius 1 is 1.13 bits per heavy atom. The highest BCUT2D eigenvalue weighted by molar-refractivity contribution is 6.00. The van der Waals surface area contributed by atoms with E-state index in [-0.39, 0.29) is 29.3 Å². The van der Waals surface area contributed by atoms with E-state index in [0.717, 1.165) is 0 Å². The molecule has 10 heteroatoms. The number of nitrogens with one attached hydrogen (secondary N) is 1. The minimum atomic E-state index is -4.75. The maximum atomic E-state index is 12.3. The minimum absolute atomic E-state index is 0.0132. The SMILES string of the molecule is O=C(O)c1cccc2nc(-c3ccc(NCc4cccc(OC(F)(F)F)c4)nc3)oc12. The van der Waals surface area contributed by atoms with Crippen molar-refractivity contribution in [2.45, 2.75) is 12.9 Å². The number of fused-ring (bicyclic) bond motifs is 1. The van der Waals surface area contributed by atoms with Crippen molar-refractivity contribution < 1.29 is 32.2 Å². The number of aromatic nitrogens is 2. The van der Waals surface area contributed by atoms with Gasteiger partial charge < -0.3 is 19.6 Å². The molecule has 0 atom stereocenters. The molecule has 158 valence electrons. The number of nitrogens with zero attached hydrogens (tertiary/aromatic N) is 2. The molecule has 0 spiro atoms. The number of ether oxygens (including phenoxy) is 1. The Bertz CT molecular complexity index is 1240. The van der Waals surface area contributed by atoms with Crippen molar-refractivity contribution in [1.82, 2.24) is 9.97 Å². The number of rotatable bonds is 6. The summed E-state index contributed by atoms with van der Waals surface area (Å²) in [5.74, 6) is -0.713. The average molecular weight is 429 g/mol. The van der Waals surface area contributed by atoms with Gasteiger partial charge in [0.15, 0.2) is 5.58 Å². The summed E-state index contributed by atoms with van der Waals surface area (Å²) in [5.41, 5.74) is 1.72. The van der Waals surface area contributed by atoms with Gasteiger partial charge in [0.1, 0.15) is 22.6 Å². The molecule has 31 heavy (non-hydrogen) atoms. The van der Waals surface area contributed by atoms with Crippen LogP contribution in [0.4, 0.5) is 19.0 Å². The first-order valence-electron chi connectivity index (χ1n) is 8.96. The van der Waals surface area contributed by atoms with Crippen LogP contribution in [-0.2, 0) is 6.54 Å². The molecule has 0 bridgehead atoms. The largest absolute Gasteiger partial charge is 0.573 e. The Labute approximate surface area is 173 Å². The lowest BCUT2D eigenvalue weighted by atomic mass is 10.2. The standard InChI is InChI=1S/C21H14F3N3O4/c22-21(23,24)31-14-4-1-3-12(9-14)10-25-17-8-7-13(11-26-17)19-27-16-6-2-5-15(20(28)29)18(16)30-19/h1-9,11H,10H2,(H,25,26)(H,28,29). The zero-order chi connectivity index (χ0) is 22.0. The summed E-state index contributed by atoms with van der Waals surface area (Å²) in [6.45, 7) is 0.228. The van der Waals surface area contributed by atoms with E-state index in [1.54, 1.807) is 30.3 Å². The van der Waals surface area contributed by atoms with Crippen LogP contribution in [-0.4, -0.2) is 27.4 Å². The molecule has 0 aliphatic rings.